The van der Waals surface area contributed by atoms with Gasteiger partial charge in [0.1, 0.15) is 12.4 Å². The molecule has 1 atom stereocenters. The molecule has 18 heavy (non-hydrogen) atoms. The van der Waals surface area contributed by atoms with E-state index in [1.165, 1.54) is 0 Å². The fourth-order valence-electron chi connectivity index (χ4n) is 2.09. The molecule has 1 saturated heterocycles. The normalized spacial score (nSPS) is 18.6. The van der Waals surface area contributed by atoms with E-state index in [9.17, 15) is 4.79 Å². The first-order valence-electron chi connectivity index (χ1n) is 6.43. The Hall–Kier alpha value is -1.55. The molecule has 1 aromatic carbocycles. The smallest absolute Gasteiger partial charge is 0.239 e. The van der Waals surface area contributed by atoms with E-state index < -0.39 is 0 Å². The summed E-state index contributed by atoms with van der Waals surface area (Å²) >= 11 is 0. The third-order valence-electron chi connectivity index (χ3n) is 3.17. The highest BCUT2D eigenvalue weighted by Crippen LogP contribution is 2.09. The van der Waals surface area contributed by atoms with Crippen LogP contribution in [0.1, 0.15) is 12.8 Å². The summed E-state index contributed by atoms with van der Waals surface area (Å²) in [6.07, 6.45) is 2.04. The second-order valence-electron chi connectivity index (χ2n) is 4.57. The Morgan fingerprint density at radius 2 is 2.22 bits per heavy atom. The molecule has 0 aromatic heterocycles. The van der Waals surface area contributed by atoms with Gasteiger partial charge in [-0.3, -0.25) is 4.79 Å². The number of para-hydroxylation sites is 1. The van der Waals surface area contributed by atoms with Gasteiger partial charge in [0, 0.05) is 7.05 Å². The van der Waals surface area contributed by atoms with Crippen molar-refractivity contribution in [3.05, 3.63) is 30.3 Å². The van der Waals surface area contributed by atoms with Gasteiger partial charge in [0.15, 0.2) is 0 Å². The van der Waals surface area contributed by atoms with Crippen LogP contribution in [0.4, 0.5) is 0 Å². The van der Waals surface area contributed by atoms with Gasteiger partial charge in [-0.25, -0.2) is 0 Å². The molecule has 1 aliphatic heterocycles. The summed E-state index contributed by atoms with van der Waals surface area (Å²) in [4.78, 5) is 13.7. The SMILES string of the molecule is CN(CCOc1ccccc1)C(=O)[C@@H]1CCCN1. The van der Waals surface area contributed by atoms with Crippen LogP contribution in [0.2, 0.25) is 0 Å². The molecule has 1 N–H and O–H groups in total. The lowest BCUT2D eigenvalue weighted by molar-refractivity contribution is -0.132. The molecule has 1 aliphatic rings. The minimum atomic E-state index is 0.00623. The van der Waals surface area contributed by atoms with Gasteiger partial charge in [0.25, 0.3) is 0 Å². The second-order valence-corrected chi connectivity index (χ2v) is 4.57. The Kier molecular flexibility index (Phi) is 4.59. The summed E-state index contributed by atoms with van der Waals surface area (Å²) in [6, 6.07) is 9.67. The molecule has 1 fully saturated rings. The van der Waals surface area contributed by atoms with E-state index in [0.717, 1.165) is 25.1 Å². The number of nitrogens with one attached hydrogen (secondary N) is 1. The molecule has 0 saturated carbocycles. The fourth-order valence-corrected chi connectivity index (χ4v) is 2.09. The Labute approximate surface area is 108 Å². The number of amides is 1. The van der Waals surface area contributed by atoms with E-state index in [0.29, 0.717) is 13.2 Å². The molecule has 4 nitrogen and oxygen atoms in total. The number of benzene rings is 1. The largest absolute Gasteiger partial charge is 0.492 e. The number of carbonyl (C=O) groups is 1. The molecule has 98 valence electrons. The average Bonchev–Trinajstić information content (AvgIpc) is 2.93. The highest BCUT2D eigenvalue weighted by molar-refractivity contribution is 5.81. The molecule has 0 unspecified atom stereocenters. The van der Waals surface area contributed by atoms with Gasteiger partial charge in [-0.05, 0) is 31.5 Å². The standard InChI is InChI=1S/C14H20N2O2/c1-16(14(17)13-8-5-9-15-13)10-11-18-12-6-3-2-4-7-12/h2-4,6-7,13,15H,5,8-11H2,1H3/t13-/m0/s1. The fraction of sp³-hybridized carbons (Fsp3) is 0.500. The summed E-state index contributed by atoms with van der Waals surface area (Å²) in [6.45, 7) is 2.09. The topological polar surface area (TPSA) is 41.6 Å². The summed E-state index contributed by atoms with van der Waals surface area (Å²) in [5.74, 6) is 1.02. The number of likely N-dealkylation sites (N-methyl/N-ethyl adjacent to an activating group) is 1. The maximum absolute atomic E-state index is 12.0. The van der Waals surface area contributed by atoms with Crippen LogP contribution in [-0.4, -0.2) is 43.6 Å². The lowest BCUT2D eigenvalue weighted by Crippen LogP contribution is -2.43. The van der Waals surface area contributed by atoms with Crippen LogP contribution in [0.15, 0.2) is 30.3 Å². The third-order valence-corrected chi connectivity index (χ3v) is 3.17. The van der Waals surface area contributed by atoms with Crippen molar-refractivity contribution in [3.63, 3.8) is 0 Å². The average molecular weight is 248 g/mol. The van der Waals surface area contributed by atoms with Gasteiger partial charge < -0.3 is 15.0 Å². The maximum Gasteiger partial charge on any atom is 0.239 e. The molecule has 4 heteroatoms. The van der Waals surface area contributed by atoms with Crippen LogP contribution < -0.4 is 10.1 Å². The van der Waals surface area contributed by atoms with Crippen molar-refractivity contribution in [3.8, 4) is 5.75 Å². The number of ether oxygens (including phenoxy) is 1. The Morgan fingerprint density at radius 3 is 2.89 bits per heavy atom. The zero-order valence-corrected chi connectivity index (χ0v) is 10.8. The summed E-state index contributed by atoms with van der Waals surface area (Å²) in [5.41, 5.74) is 0. The Balaban J connectivity index is 1.71. The lowest BCUT2D eigenvalue weighted by Gasteiger charge is -2.21. The van der Waals surface area contributed by atoms with Crippen LogP contribution in [0, 0.1) is 0 Å². The number of nitrogens with zero attached hydrogens (tertiary/aromatic N) is 1. The van der Waals surface area contributed by atoms with E-state index in [-0.39, 0.29) is 11.9 Å². The highest BCUT2D eigenvalue weighted by atomic mass is 16.5. The monoisotopic (exact) mass is 248 g/mol. The Morgan fingerprint density at radius 1 is 1.44 bits per heavy atom. The van der Waals surface area contributed by atoms with Gasteiger partial charge in [-0.15, -0.1) is 0 Å². The minimum Gasteiger partial charge on any atom is -0.492 e. The zero-order chi connectivity index (χ0) is 12.8. The Bertz CT molecular complexity index is 375. The summed E-state index contributed by atoms with van der Waals surface area (Å²) < 4.78 is 5.58. The zero-order valence-electron chi connectivity index (χ0n) is 10.8. The molecule has 0 radical (unpaired) electrons. The van der Waals surface area contributed by atoms with Crippen LogP contribution in [0.25, 0.3) is 0 Å². The van der Waals surface area contributed by atoms with Crippen molar-refractivity contribution in [1.82, 2.24) is 10.2 Å². The first-order chi connectivity index (χ1) is 8.77. The number of hydrogen-bond donors (Lipinski definition) is 1. The first kappa shape index (κ1) is 12.9. The lowest BCUT2D eigenvalue weighted by atomic mass is 10.2. The van der Waals surface area contributed by atoms with Crippen molar-refractivity contribution >= 4 is 5.91 Å². The van der Waals surface area contributed by atoms with Crippen molar-refractivity contribution < 1.29 is 9.53 Å². The van der Waals surface area contributed by atoms with E-state index in [4.69, 9.17) is 4.74 Å². The van der Waals surface area contributed by atoms with Gasteiger partial charge in [0.05, 0.1) is 12.6 Å². The van der Waals surface area contributed by atoms with Crippen LogP contribution in [0.3, 0.4) is 0 Å². The molecule has 0 aliphatic carbocycles. The first-order valence-corrected chi connectivity index (χ1v) is 6.43. The predicted molar refractivity (Wildman–Crippen MR) is 70.6 cm³/mol. The van der Waals surface area contributed by atoms with E-state index in [1.54, 1.807) is 4.90 Å². The number of hydrogen-bond acceptors (Lipinski definition) is 3. The van der Waals surface area contributed by atoms with E-state index in [1.807, 2.05) is 37.4 Å². The maximum atomic E-state index is 12.0. The van der Waals surface area contributed by atoms with E-state index >= 15 is 0 Å². The van der Waals surface area contributed by atoms with E-state index in [2.05, 4.69) is 5.32 Å². The molecule has 0 bridgehead atoms. The van der Waals surface area contributed by atoms with Crippen LogP contribution in [0.5, 0.6) is 5.75 Å². The minimum absolute atomic E-state index is 0.00623. The summed E-state index contributed by atoms with van der Waals surface area (Å²) in [5, 5.41) is 3.21. The van der Waals surface area contributed by atoms with Crippen molar-refractivity contribution in [2.75, 3.05) is 26.7 Å². The van der Waals surface area contributed by atoms with Crippen LogP contribution in [-0.2, 0) is 4.79 Å². The molecular formula is C14H20N2O2. The quantitative estimate of drug-likeness (QED) is 0.853. The molecule has 2 rings (SSSR count). The molecule has 1 heterocycles. The number of rotatable bonds is 5. The van der Waals surface area contributed by atoms with Crippen molar-refractivity contribution in [2.45, 2.75) is 18.9 Å². The molecule has 0 spiro atoms. The highest BCUT2D eigenvalue weighted by Gasteiger charge is 2.24. The van der Waals surface area contributed by atoms with Gasteiger partial charge in [-0.1, -0.05) is 18.2 Å². The second kappa shape index (κ2) is 6.40. The molecular weight excluding hydrogens is 228 g/mol. The van der Waals surface area contributed by atoms with Crippen molar-refractivity contribution in [2.24, 2.45) is 0 Å². The van der Waals surface area contributed by atoms with Crippen molar-refractivity contribution in [1.29, 1.82) is 0 Å². The molecule has 1 amide bonds. The predicted octanol–water partition coefficient (Wildman–Crippen LogP) is 1.28. The van der Waals surface area contributed by atoms with Gasteiger partial charge in [-0.2, -0.15) is 0 Å². The van der Waals surface area contributed by atoms with Gasteiger partial charge >= 0.3 is 0 Å². The number of carbonyl (C=O) groups excluding carboxylic acids is 1. The van der Waals surface area contributed by atoms with Gasteiger partial charge in [0.2, 0.25) is 5.91 Å². The third kappa shape index (κ3) is 3.47. The van der Waals surface area contributed by atoms with Crippen LogP contribution >= 0.6 is 0 Å². The summed E-state index contributed by atoms with van der Waals surface area (Å²) in [7, 11) is 1.83. The molecule has 1 aromatic rings.